The van der Waals surface area contributed by atoms with E-state index in [0.717, 1.165) is 11.1 Å². The molecule has 0 radical (unpaired) electrons. The summed E-state index contributed by atoms with van der Waals surface area (Å²) < 4.78 is 30.6. The van der Waals surface area contributed by atoms with Gasteiger partial charge >= 0.3 is 0 Å². The molecule has 6 N–H and O–H groups in total. The van der Waals surface area contributed by atoms with Crippen LogP contribution in [0.3, 0.4) is 0 Å². The molecule has 0 spiro atoms. The number of phenols is 5. The highest BCUT2D eigenvalue weighted by molar-refractivity contribution is 7.85. The van der Waals surface area contributed by atoms with Crippen LogP contribution in [0.2, 0.25) is 0 Å². The molecule has 0 saturated carbocycles. The van der Waals surface area contributed by atoms with E-state index in [1.165, 1.54) is 42.5 Å². The van der Waals surface area contributed by atoms with Crippen LogP contribution in [-0.4, -0.2) is 38.5 Å². The van der Waals surface area contributed by atoms with Gasteiger partial charge in [-0.3, -0.25) is 4.55 Å². The zero-order valence-corrected chi connectivity index (χ0v) is 19.6. The fourth-order valence-electron chi connectivity index (χ4n) is 2.74. The van der Waals surface area contributed by atoms with Crippen molar-refractivity contribution in [3.8, 4) is 28.7 Å². The van der Waals surface area contributed by atoms with Crippen LogP contribution in [0.1, 0.15) is 16.7 Å². The number of benzene rings is 4. The Hall–Kier alpha value is -3.95. The second-order valence-electron chi connectivity index (χ2n) is 7.54. The van der Waals surface area contributed by atoms with Crippen molar-refractivity contribution in [1.82, 2.24) is 0 Å². The van der Waals surface area contributed by atoms with Crippen LogP contribution in [0.15, 0.2) is 71.6 Å². The molecule has 0 aliphatic rings. The lowest BCUT2D eigenvalue weighted by Crippen LogP contribution is -1.97. The van der Waals surface area contributed by atoms with Crippen LogP contribution in [0.25, 0.3) is 10.8 Å². The van der Waals surface area contributed by atoms with Gasteiger partial charge in [-0.25, -0.2) is 0 Å². The molecule has 4 aromatic carbocycles. The van der Waals surface area contributed by atoms with Crippen molar-refractivity contribution >= 4 is 20.9 Å². The molecular formula is C25H26O8S. The Morgan fingerprint density at radius 3 is 1.62 bits per heavy atom. The summed E-state index contributed by atoms with van der Waals surface area (Å²) in [6.07, 6.45) is 0. The van der Waals surface area contributed by atoms with Crippen molar-refractivity contribution in [2.75, 3.05) is 0 Å². The summed E-state index contributed by atoms with van der Waals surface area (Å²) in [5.41, 5.74) is 2.55. The summed E-state index contributed by atoms with van der Waals surface area (Å²) >= 11 is 0. The van der Waals surface area contributed by atoms with Crippen molar-refractivity contribution in [3.63, 3.8) is 0 Å². The van der Waals surface area contributed by atoms with Gasteiger partial charge in [0.1, 0.15) is 17.2 Å². The molecule has 34 heavy (non-hydrogen) atoms. The maximum Gasteiger partial charge on any atom is 0.294 e. The molecule has 0 amide bonds. The van der Waals surface area contributed by atoms with Gasteiger partial charge in [-0.05, 0) is 85.1 Å². The molecule has 0 aliphatic heterocycles. The molecule has 0 saturated heterocycles. The lowest BCUT2D eigenvalue weighted by atomic mass is 10.1. The zero-order chi connectivity index (χ0) is 25.6. The van der Waals surface area contributed by atoms with Gasteiger partial charge in [0.25, 0.3) is 10.1 Å². The third-order valence-electron chi connectivity index (χ3n) is 4.84. The van der Waals surface area contributed by atoms with E-state index in [2.05, 4.69) is 0 Å². The molecule has 0 bridgehead atoms. The molecular weight excluding hydrogens is 460 g/mol. The highest BCUT2D eigenvalue weighted by atomic mass is 32.2. The quantitative estimate of drug-likeness (QED) is 0.164. The fraction of sp³-hybridized carbons (Fsp3) is 0.120. The lowest BCUT2D eigenvalue weighted by Gasteiger charge is -2.03. The molecule has 8 nitrogen and oxygen atoms in total. The molecule has 9 heteroatoms. The van der Waals surface area contributed by atoms with E-state index in [1.807, 2.05) is 26.0 Å². The summed E-state index contributed by atoms with van der Waals surface area (Å²) in [4.78, 5) is -0.259. The first-order chi connectivity index (χ1) is 15.8. The average Bonchev–Trinajstić information content (AvgIpc) is 2.75. The van der Waals surface area contributed by atoms with Crippen molar-refractivity contribution < 1.29 is 38.5 Å². The Labute approximate surface area is 197 Å². The molecule has 0 atom stereocenters. The summed E-state index contributed by atoms with van der Waals surface area (Å²) in [5.74, 6) is 0.0205. The summed E-state index contributed by atoms with van der Waals surface area (Å²) in [6.45, 7) is 5.50. The minimum Gasteiger partial charge on any atom is -0.508 e. The Balaban J connectivity index is 0.000000194. The Morgan fingerprint density at radius 2 is 1.15 bits per heavy atom. The smallest absolute Gasteiger partial charge is 0.294 e. The van der Waals surface area contributed by atoms with Crippen LogP contribution in [0, 0.1) is 20.8 Å². The molecule has 0 heterocycles. The zero-order valence-electron chi connectivity index (χ0n) is 18.8. The summed E-state index contributed by atoms with van der Waals surface area (Å²) in [7, 11) is -4.26. The molecule has 180 valence electrons. The molecule has 0 fully saturated rings. The molecule has 0 unspecified atom stereocenters. The Bertz CT molecular complexity index is 1390. The number of fused-ring (bicyclic) bond motifs is 1. The first-order valence-corrected chi connectivity index (χ1v) is 11.4. The first-order valence-electron chi connectivity index (χ1n) is 9.96. The predicted octanol–water partition coefficient (Wildman–Crippen LogP) is 4.91. The van der Waals surface area contributed by atoms with E-state index in [9.17, 15) is 18.6 Å². The van der Waals surface area contributed by atoms with Gasteiger partial charge in [0.15, 0.2) is 11.5 Å². The molecule has 0 aliphatic carbocycles. The van der Waals surface area contributed by atoms with Crippen LogP contribution >= 0.6 is 0 Å². The minimum absolute atomic E-state index is 0.134. The van der Waals surface area contributed by atoms with Gasteiger partial charge in [-0.2, -0.15) is 8.42 Å². The van der Waals surface area contributed by atoms with Crippen molar-refractivity contribution in [2.45, 2.75) is 25.7 Å². The lowest BCUT2D eigenvalue weighted by molar-refractivity contribution is 0.405. The molecule has 4 rings (SSSR count). The highest BCUT2D eigenvalue weighted by Crippen LogP contribution is 2.31. The fourth-order valence-corrected chi connectivity index (χ4v) is 3.26. The van der Waals surface area contributed by atoms with Crippen LogP contribution in [0.4, 0.5) is 0 Å². The number of rotatable bonds is 1. The van der Waals surface area contributed by atoms with E-state index in [-0.39, 0.29) is 27.9 Å². The molecule has 4 aromatic rings. The van der Waals surface area contributed by atoms with Gasteiger partial charge in [-0.15, -0.1) is 0 Å². The van der Waals surface area contributed by atoms with Crippen LogP contribution in [-0.2, 0) is 10.1 Å². The van der Waals surface area contributed by atoms with Gasteiger partial charge in [0.2, 0.25) is 0 Å². The van der Waals surface area contributed by atoms with E-state index >= 15 is 0 Å². The third kappa shape index (κ3) is 7.03. The predicted molar refractivity (Wildman–Crippen MR) is 129 cm³/mol. The van der Waals surface area contributed by atoms with E-state index < -0.39 is 10.1 Å². The van der Waals surface area contributed by atoms with Crippen LogP contribution < -0.4 is 0 Å². The van der Waals surface area contributed by atoms with Gasteiger partial charge in [0, 0.05) is 5.56 Å². The van der Waals surface area contributed by atoms with Crippen molar-refractivity contribution in [1.29, 1.82) is 0 Å². The SMILES string of the molecule is Cc1c(O)cccc1O.Cc1ccc(C)c(O)c1.O=S(=O)(O)c1ccc2cc(O)c(O)cc2c1. The van der Waals surface area contributed by atoms with E-state index in [0.29, 0.717) is 22.1 Å². The standard InChI is InChI=1S/C10H8O5S.C8H10O.C7H8O2/c11-9-4-6-1-2-8(16(13,14)15)3-7(6)5-10(9)12;1-6-3-4-7(2)8(9)5-6;1-5-6(8)3-2-4-7(5)9/h1-5,11-12H,(H,13,14,15);3-5,9H,1-2H3;2-4,8-9H,1H3. The number of aromatic hydroxyl groups is 5. The number of phenolic OH excluding ortho intramolecular Hbond substituents is 5. The Kier molecular flexibility index (Phi) is 8.34. The summed E-state index contributed by atoms with van der Waals surface area (Å²) in [5, 5.41) is 46.4. The topological polar surface area (TPSA) is 156 Å². The highest BCUT2D eigenvalue weighted by Gasteiger charge is 2.11. The van der Waals surface area contributed by atoms with Crippen molar-refractivity contribution in [3.05, 3.63) is 83.4 Å². The van der Waals surface area contributed by atoms with Gasteiger partial charge in [0.05, 0.1) is 4.90 Å². The van der Waals surface area contributed by atoms with E-state index in [1.54, 1.807) is 19.1 Å². The second-order valence-corrected chi connectivity index (χ2v) is 8.96. The normalized spacial score (nSPS) is 10.6. The Morgan fingerprint density at radius 1 is 0.588 bits per heavy atom. The number of hydrogen-bond acceptors (Lipinski definition) is 7. The molecule has 0 aromatic heterocycles. The van der Waals surface area contributed by atoms with Crippen molar-refractivity contribution in [2.24, 2.45) is 0 Å². The largest absolute Gasteiger partial charge is 0.508 e. The number of aryl methyl sites for hydroxylation is 2. The first kappa shape index (κ1) is 26.3. The second kappa shape index (κ2) is 10.8. The summed E-state index contributed by atoms with van der Waals surface area (Å²) in [6, 6.07) is 16.7. The van der Waals surface area contributed by atoms with Gasteiger partial charge in [-0.1, -0.05) is 24.3 Å². The van der Waals surface area contributed by atoms with E-state index in [4.69, 9.17) is 19.9 Å². The maximum absolute atomic E-state index is 10.9. The average molecular weight is 487 g/mol. The number of hydrogen-bond donors (Lipinski definition) is 6. The van der Waals surface area contributed by atoms with Crippen LogP contribution in [0.5, 0.6) is 28.7 Å². The maximum atomic E-state index is 10.9. The van der Waals surface area contributed by atoms with Gasteiger partial charge < -0.3 is 25.5 Å². The minimum atomic E-state index is -4.26. The third-order valence-corrected chi connectivity index (χ3v) is 5.69. The monoisotopic (exact) mass is 486 g/mol.